The third-order valence-corrected chi connectivity index (χ3v) is 3.06. The van der Waals surface area contributed by atoms with E-state index in [1.807, 2.05) is 38.1 Å². The summed E-state index contributed by atoms with van der Waals surface area (Å²) in [4.78, 5) is 23.4. The van der Waals surface area contributed by atoms with E-state index in [2.05, 4.69) is 10.6 Å². The van der Waals surface area contributed by atoms with Gasteiger partial charge in [-0.1, -0.05) is 19.1 Å². The number of urea groups is 1. The topological polar surface area (TPSA) is 58.2 Å². The second kappa shape index (κ2) is 6.70. The fourth-order valence-corrected chi connectivity index (χ4v) is 1.96. The minimum atomic E-state index is -0.310. The molecule has 2 amide bonds. The number of anilines is 2. The quantitative estimate of drug-likeness (QED) is 0.824. The van der Waals surface area contributed by atoms with Crippen molar-refractivity contribution in [2.24, 2.45) is 0 Å². The first-order valence-corrected chi connectivity index (χ1v) is 6.86. The second-order valence-electron chi connectivity index (χ2n) is 4.80. The summed E-state index contributed by atoms with van der Waals surface area (Å²) in [5.41, 5.74) is 3.12. The molecule has 21 heavy (non-hydrogen) atoms. The second-order valence-corrected chi connectivity index (χ2v) is 4.80. The molecule has 0 aliphatic rings. The average Bonchev–Trinajstić information content (AvgIpc) is 2.47. The summed E-state index contributed by atoms with van der Waals surface area (Å²) in [5, 5.41) is 5.50. The third kappa shape index (κ3) is 4.18. The maximum Gasteiger partial charge on any atom is 0.323 e. The normalized spacial score (nSPS) is 10.0. The molecule has 0 saturated carbocycles. The van der Waals surface area contributed by atoms with Crippen molar-refractivity contribution < 1.29 is 9.59 Å². The molecular weight excluding hydrogens is 264 g/mol. The van der Waals surface area contributed by atoms with Gasteiger partial charge in [-0.2, -0.15) is 0 Å². The van der Waals surface area contributed by atoms with E-state index in [1.54, 1.807) is 24.3 Å². The number of hydrogen-bond donors (Lipinski definition) is 2. The van der Waals surface area contributed by atoms with Crippen LogP contribution in [-0.4, -0.2) is 11.8 Å². The molecule has 2 rings (SSSR count). The van der Waals surface area contributed by atoms with Crippen LogP contribution in [0.5, 0.6) is 0 Å². The van der Waals surface area contributed by atoms with Crippen LogP contribution in [0, 0.1) is 6.92 Å². The van der Waals surface area contributed by atoms with Crippen LogP contribution in [0.3, 0.4) is 0 Å². The van der Waals surface area contributed by atoms with Gasteiger partial charge in [0.1, 0.15) is 0 Å². The molecule has 0 unspecified atom stereocenters. The summed E-state index contributed by atoms with van der Waals surface area (Å²) in [5.74, 6) is 0.0887. The highest BCUT2D eigenvalue weighted by atomic mass is 16.2. The molecule has 0 aliphatic heterocycles. The van der Waals surface area contributed by atoms with E-state index in [-0.39, 0.29) is 11.8 Å². The molecule has 2 aromatic rings. The average molecular weight is 282 g/mol. The molecule has 0 aliphatic carbocycles. The lowest BCUT2D eigenvalue weighted by atomic mass is 10.1. The SMILES string of the molecule is CCC(=O)c1ccc(NC(=O)Nc2cccc(C)c2)cc1. The summed E-state index contributed by atoms with van der Waals surface area (Å²) in [6.07, 6.45) is 0.473. The standard InChI is InChI=1S/C17H18N2O2/c1-3-16(20)13-7-9-14(10-8-13)18-17(21)19-15-6-4-5-12(2)11-15/h4-11H,3H2,1-2H3,(H2,18,19,21). The maximum atomic E-state index is 11.9. The van der Waals surface area contributed by atoms with Crippen molar-refractivity contribution in [1.82, 2.24) is 0 Å². The molecule has 0 aromatic heterocycles. The molecule has 0 saturated heterocycles. The minimum absolute atomic E-state index is 0.0887. The molecule has 2 aromatic carbocycles. The van der Waals surface area contributed by atoms with Gasteiger partial charge in [0.15, 0.2) is 5.78 Å². The number of hydrogen-bond acceptors (Lipinski definition) is 2. The van der Waals surface area contributed by atoms with Gasteiger partial charge >= 0.3 is 6.03 Å². The Balaban J connectivity index is 1.98. The number of aryl methyl sites for hydroxylation is 1. The van der Waals surface area contributed by atoms with Gasteiger partial charge < -0.3 is 10.6 Å². The van der Waals surface area contributed by atoms with E-state index in [4.69, 9.17) is 0 Å². The molecule has 108 valence electrons. The van der Waals surface area contributed by atoms with Gasteiger partial charge in [0, 0.05) is 23.4 Å². The lowest BCUT2D eigenvalue weighted by Gasteiger charge is -2.08. The summed E-state index contributed by atoms with van der Waals surface area (Å²) in [6.45, 7) is 3.79. The van der Waals surface area contributed by atoms with Crippen molar-refractivity contribution in [2.45, 2.75) is 20.3 Å². The summed E-state index contributed by atoms with van der Waals surface area (Å²) in [7, 11) is 0. The highest BCUT2D eigenvalue weighted by Crippen LogP contribution is 2.13. The zero-order chi connectivity index (χ0) is 15.2. The number of rotatable bonds is 4. The van der Waals surface area contributed by atoms with Crippen molar-refractivity contribution in [2.75, 3.05) is 10.6 Å². The van der Waals surface area contributed by atoms with Crippen molar-refractivity contribution in [1.29, 1.82) is 0 Å². The van der Waals surface area contributed by atoms with Gasteiger partial charge in [0.2, 0.25) is 0 Å². The van der Waals surface area contributed by atoms with Gasteiger partial charge in [0.25, 0.3) is 0 Å². The molecule has 0 atom stereocenters. The Morgan fingerprint density at radius 1 is 0.952 bits per heavy atom. The van der Waals surface area contributed by atoms with Gasteiger partial charge in [-0.05, 0) is 48.9 Å². The van der Waals surface area contributed by atoms with E-state index in [0.717, 1.165) is 11.3 Å². The van der Waals surface area contributed by atoms with Gasteiger partial charge in [-0.3, -0.25) is 4.79 Å². The summed E-state index contributed by atoms with van der Waals surface area (Å²) < 4.78 is 0. The smallest absolute Gasteiger partial charge is 0.308 e. The Kier molecular flexibility index (Phi) is 4.72. The number of carbonyl (C=O) groups is 2. The van der Waals surface area contributed by atoms with Crippen molar-refractivity contribution in [3.05, 3.63) is 59.7 Å². The Morgan fingerprint density at radius 3 is 2.24 bits per heavy atom. The summed E-state index contributed by atoms with van der Waals surface area (Å²) >= 11 is 0. The minimum Gasteiger partial charge on any atom is -0.308 e. The maximum absolute atomic E-state index is 11.9. The largest absolute Gasteiger partial charge is 0.323 e. The van der Waals surface area contributed by atoms with Crippen LogP contribution in [-0.2, 0) is 0 Å². The van der Waals surface area contributed by atoms with E-state index >= 15 is 0 Å². The fraction of sp³-hybridized carbons (Fsp3) is 0.176. The Bertz CT molecular complexity index is 648. The monoisotopic (exact) mass is 282 g/mol. The van der Waals surface area contributed by atoms with E-state index in [1.165, 1.54) is 0 Å². The lowest BCUT2D eigenvalue weighted by Crippen LogP contribution is -2.19. The highest BCUT2D eigenvalue weighted by Gasteiger charge is 2.05. The van der Waals surface area contributed by atoms with Crippen molar-refractivity contribution >= 4 is 23.2 Å². The number of benzene rings is 2. The molecule has 0 spiro atoms. The predicted octanol–water partition coefficient (Wildman–Crippen LogP) is 4.23. The zero-order valence-electron chi connectivity index (χ0n) is 12.1. The number of Topliss-reactive ketones (excluding diaryl/α,β-unsaturated/α-hetero) is 1. The van der Waals surface area contributed by atoms with Crippen molar-refractivity contribution in [3.8, 4) is 0 Å². The molecule has 0 radical (unpaired) electrons. The molecule has 2 N–H and O–H groups in total. The lowest BCUT2D eigenvalue weighted by molar-refractivity contribution is 0.0988. The molecule has 0 fully saturated rings. The van der Waals surface area contributed by atoms with Gasteiger partial charge in [-0.15, -0.1) is 0 Å². The van der Waals surface area contributed by atoms with Crippen LogP contribution in [0.15, 0.2) is 48.5 Å². The van der Waals surface area contributed by atoms with Gasteiger partial charge in [-0.25, -0.2) is 4.79 Å². The van der Waals surface area contributed by atoms with Crippen LogP contribution in [0.1, 0.15) is 29.3 Å². The first-order valence-electron chi connectivity index (χ1n) is 6.86. The molecule has 0 bridgehead atoms. The zero-order valence-corrected chi connectivity index (χ0v) is 12.1. The number of nitrogens with one attached hydrogen (secondary N) is 2. The van der Waals surface area contributed by atoms with Crippen LogP contribution in [0.2, 0.25) is 0 Å². The molecule has 0 heterocycles. The highest BCUT2D eigenvalue weighted by molar-refractivity contribution is 6.00. The first kappa shape index (κ1) is 14.8. The first-order chi connectivity index (χ1) is 10.1. The predicted molar refractivity (Wildman–Crippen MR) is 84.9 cm³/mol. The van der Waals surface area contributed by atoms with Crippen LogP contribution in [0.4, 0.5) is 16.2 Å². The van der Waals surface area contributed by atoms with Crippen molar-refractivity contribution in [3.63, 3.8) is 0 Å². The summed E-state index contributed by atoms with van der Waals surface area (Å²) in [6, 6.07) is 14.1. The number of amides is 2. The Morgan fingerprint density at radius 2 is 1.62 bits per heavy atom. The van der Waals surface area contributed by atoms with Gasteiger partial charge in [0.05, 0.1) is 0 Å². The number of ketones is 1. The molecule has 4 heteroatoms. The van der Waals surface area contributed by atoms with Crippen LogP contribution >= 0.6 is 0 Å². The Hall–Kier alpha value is -2.62. The Labute approximate surface area is 124 Å². The number of carbonyl (C=O) groups excluding carboxylic acids is 2. The van der Waals surface area contributed by atoms with E-state index in [9.17, 15) is 9.59 Å². The fourth-order valence-electron chi connectivity index (χ4n) is 1.96. The third-order valence-electron chi connectivity index (χ3n) is 3.06. The van der Waals surface area contributed by atoms with Crippen LogP contribution < -0.4 is 10.6 Å². The molecule has 4 nitrogen and oxygen atoms in total. The van der Waals surface area contributed by atoms with E-state index < -0.39 is 0 Å². The van der Waals surface area contributed by atoms with Crippen LogP contribution in [0.25, 0.3) is 0 Å². The molecular formula is C17H18N2O2. The van der Waals surface area contributed by atoms with E-state index in [0.29, 0.717) is 17.7 Å².